The molecular weight excluding hydrogens is 1280 g/mol. The number of benzene rings is 10. The standard InChI is InChI=1S/2C46H29N5O/c1-2-7-34(8-3-1)43-28-35-17-18-42-44(45(35)52-43)38-11-4-5-12-41(38)51(42)37-10-6-9-36(27-37)46-49-39(29-40(50-46)33-21-25-48-26-22-33)32-15-13-30(14-16-32)31-19-23-47-24-20-31;1-2-7-33(8-3-1)43-28-36-17-18-42-44(45(36)52-43)38-11-4-5-12-41(38)51(42)37-10-6-9-35(27-37)40-29-39(49-46(50-40)34-21-25-48-26-22-34)32-15-13-30(14-16-32)31-19-23-47-24-20-31/h2*1-29H. The van der Waals surface area contributed by atoms with Gasteiger partial charge in [0.2, 0.25) is 0 Å². The van der Waals surface area contributed by atoms with Crippen molar-refractivity contribution in [2.45, 2.75) is 0 Å². The Morgan fingerprint density at radius 2 is 0.558 bits per heavy atom. The van der Waals surface area contributed by atoms with Crippen molar-refractivity contribution >= 4 is 65.6 Å². The van der Waals surface area contributed by atoms with E-state index in [-0.39, 0.29) is 0 Å². The second kappa shape index (κ2) is 26.1. The summed E-state index contributed by atoms with van der Waals surface area (Å²) in [5, 5.41) is 6.62. The summed E-state index contributed by atoms with van der Waals surface area (Å²) < 4.78 is 17.9. The molecule has 104 heavy (non-hydrogen) atoms. The number of furan rings is 2. The number of fused-ring (bicyclic) bond motifs is 10. The van der Waals surface area contributed by atoms with Crippen LogP contribution in [0.1, 0.15) is 0 Å². The summed E-state index contributed by atoms with van der Waals surface area (Å²) in [5.41, 5.74) is 23.9. The molecule has 0 radical (unpaired) electrons. The van der Waals surface area contributed by atoms with Gasteiger partial charge in [0.15, 0.2) is 11.6 Å². The van der Waals surface area contributed by atoms with Crippen LogP contribution in [0, 0.1) is 0 Å². The summed E-state index contributed by atoms with van der Waals surface area (Å²) in [6.45, 7) is 0. The topological polar surface area (TPSA) is 139 Å². The summed E-state index contributed by atoms with van der Waals surface area (Å²) in [6, 6.07) is 105. The molecule has 0 fully saturated rings. The van der Waals surface area contributed by atoms with Crippen LogP contribution in [-0.2, 0) is 0 Å². The minimum absolute atomic E-state index is 0.643. The largest absolute Gasteiger partial charge is 0.455 e. The van der Waals surface area contributed by atoms with Crippen LogP contribution in [0.5, 0.6) is 0 Å². The maximum Gasteiger partial charge on any atom is 0.160 e. The maximum atomic E-state index is 6.62. The normalized spacial score (nSPS) is 11.5. The summed E-state index contributed by atoms with van der Waals surface area (Å²) in [7, 11) is 0. The zero-order valence-corrected chi connectivity index (χ0v) is 55.8. The molecule has 20 rings (SSSR count). The monoisotopic (exact) mass is 1330 g/mol. The van der Waals surface area contributed by atoms with Crippen molar-refractivity contribution in [3.8, 4) is 124 Å². The van der Waals surface area contributed by atoms with Crippen LogP contribution < -0.4 is 0 Å². The van der Waals surface area contributed by atoms with E-state index in [2.05, 4.69) is 247 Å². The Hall–Kier alpha value is -14.4. The lowest BCUT2D eigenvalue weighted by atomic mass is 10.0. The van der Waals surface area contributed by atoms with Crippen molar-refractivity contribution in [2.24, 2.45) is 0 Å². The van der Waals surface area contributed by atoms with Gasteiger partial charge in [-0.2, -0.15) is 0 Å². The molecule has 0 aliphatic carbocycles. The van der Waals surface area contributed by atoms with E-state index in [1.165, 1.54) is 0 Å². The molecule has 0 amide bonds. The first-order valence-electron chi connectivity index (χ1n) is 34.4. The first-order chi connectivity index (χ1) is 51.5. The molecule has 0 spiro atoms. The molecule has 12 heteroatoms. The van der Waals surface area contributed by atoms with Crippen LogP contribution in [0.4, 0.5) is 0 Å². The summed E-state index contributed by atoms with van der Waals surface area (Å²) >= 11 is 0. The smallest absolute Gasteiger partial charge is 0.160 e. The first-order valence-corrected chi connectivity index (χ1v) is 34.4. The highest BCUT2D eigenvalue weighted by atomic mass is 16.3. The Balaban J connectivity index is 0.000000143. The molecule has 0 aliphatic heterocycles. The van der Waals surface area contributed by atoms with E-state index < -0.39 is 0 Å². The number of nitrogens with zero attached hydrogens (tertiary/aromatic N) is 10. The molecule has 0 saturated carbocycles. The highest BCUT2D eigenvalue weighted by molar-refractivity contribution is 6.21. The maximum absolute atomic E-state index is 6.62. The van der Waals surface area contributed by atoms with Gasteiger partial charge in [0.1, 0.15) is 22.7 Å². The van der Waals surface area contributed by atoms with Gasteiger partial charge in [-0.15, -0.1) is 0 Å². The van der Waals surface area contributed by atoms with Crippen LogP contribution in [-0.4, -0.2) is 49.0 Å². The quantitative estimate of drug-likeness (QED) is 0.116. The van der Waals surface area contributed by atoms with Crippen LogP contribution in [0.15, 0.2) is 362 Å². The lowest BCUT2D eigenvalue weighted by molar-refractivity contribution is 0.635. The molecule has 0 bridgehead atoms. The van der Waals surface area contributed by atoms with Crippen molar-refractivity contribution in [1.82, 2.24) is 49.0 Å². The van der Waals surface area contributed by atoms with E-state index in [4.69, 9.17) is 28.8 Å². The predicted octanol–water partition coefficient (Wildman–Crippen LogP) is 22.9. The van der Waals surface area contributed by atoms with Gasteiger partial charge in [0.05, 0.1) is 55.6 Å². The molecular formula is C92H58N10O2. The molecule has 488 valence electrons. The second-order valence-corrected chi connectivity index (χ2v) is 25.5. The molecule has 0 unspecified atom stereocenters. The first kappa shape index (κ1) is 60.8. The number of hydrogen-bond acceptors (Lipinski definition) is 10. The predicted molar refractivity (Wildman–Crippen MR) is 418 cm³/mol. The fourth-order valence-corrected chi connectivity index (χ4v) is 14.3. The molecule has 10 aromatic carbocycles. The zero-order valence-electron chi connectivity index (χ0n) is 55.8. The number of aromatic nitrogens is 10. The van der Waals surface area contributed by atoms with Crippen LogP contribution >= 0.6 is 0 Å². The molecule has 10 aromatic heterocycles. The van der Waals surface area contributed by atoms with E-state index in [9.17, 15) is 0 Å². The third kappa shape index (κ3) is 11.3. The molecule has 0 aliphatic rings. The zero-order chi connectivity index (χ0) is 68.9. The van der Waals surface area contributed by atoms with E-state index in [0.717, 1.165) is 178 Å². The molecule has 0 saturated heterocycles. The number of para-hydroxylation sites is 2. The van der Waals surface area contributed by atoms with Crippen molar-refractivity contribution in [3.05, 3.63) is 353 Å². The Bertz CT molecular complexity index is 6160. The number of hydrogen-bond donors (Lipinski definition) is 0. The fraction of sp³-hybridized carbons (Fsp3) is 0. The lowest BCUT2D eigenvalue weighted by Crippen LogP contribution is -1.98. The summed E-state index contributed by atoms with van der Waals surface area (Å²) in [6.07, 6.45) is 14.4. The molecule has 20 aromatic rings. The average molecular weight is 1340 g/mol. The van der Waals surface area contributed by atoms with Crippen LogP contribution in [0.2, 0.25) is 0 Å². The van der Waals surface area contributed by atoms with Crippen molar-refractivity contribution < 1.29 is 8.83 Å². The van der Waals surface area contributed by atoms with Gasteiger partial charge in [-0.25, -0.2) is 19.9 Å². The number of rotatable bonds is 12. The summed E-state index contributed by atoms with van der Waals surface area (Å²) in [5.74, 6) is 3.00. The Kier molecular flexibility index (Phi) is 15.2. The minimum atomic E-state index is 0.643. The Morgan fingerprint density at radius 1 is 0.221 bits per heavy atom. The Morgan fingerprint density at radius 3 is 1.01 bits per heavy atom. The van der Waals surface area contributed by atoms with E-state index in [0.29, 0.717) is 11.6 Å². The third-order valence-electron chi connectivity index (χ3n) is 19.3. The van der Waals surface area contributed by atoms with Gasteiger partial charge in [-0.3, -0.25) is 19.9 Å². The van der Waals surface area contributed by atoms with E-state index in [1.807, 2.05) is 110 Å². The van der Waals surface area contributed by atoms with Gasteiger partial charge in [-0.1, -0.05) is 170 Å². The van der Waals surface area contributed by atoms with E-state index >= 15 is 0 Å². The second-order valence-electron chi connectivity index (χ2n) is 25.5. The molecule has 12 nitrogen and oxygen atoms in total. The fourth-order valence-electron chi connectivity index (χ4n) is 14.3. The summed E-state index contributed by atoms with van der Waals surface area (Å²) in [4.78, 5) is 37.2. The molecule has 0 N–H and O–H groups in total. The number of pyridine rings is 4. The van der Waals surface area contributed by atoms with E-state index in [1.54, 1.807) is 24.8 Å². The van der Waals surface area contributed by atoms with Crippen molar-refractivity contribution in [2.75, 3.05) is 0 Å². The van der Waals surface area contributed by atoms with Crippen LogP contribution in [0.3, 0.4) is 0 Å². The van der Waals surface area contributed by atoms with Gasteiger partial charge in [0.25, 0.3) is 0 Å². The van der Waals surface area contributed by atoms with Gasteiger partial charge in [0, 0.05) is 127 Å². The highest BCUT2D eigenvalue weighted by Crippen LogP contribution is 2.43. The van der Waals surface area contributed by atoms with Gasteiger partial charge in [-0.05, 0) is 156 Å². The molecule has 0 atom stereocenters. The SMILES string of the molecule is c1ccc(-c2cc3ccc4c(c5ccccc5n4-c4cccc(-c5cc(-c6ccc(-c7ccncc7)cc6)nc(-c6ccncc6)n5)c4)c3o2)cc1.c1ccc(-c2cc3ccc4c(c5ccccc5n4-c4cccc(-c5nc(-c6ccncc6)cc(-c6ccc(-c7ccncc7)cc6)n5)c4)c3o2)cc1. The lowest BCUT2D eigenvalue weighted by Gasteiger charge is -2.12. The van der Waals surface area contributed by atoms with Gasteiger partial charge < -0.3 is 18.0 Å². The molecule has 10 heterocycles. The van der Waals surface area contributed by atoms with Gasteiger partial charge >= 0.3 is 0 Å². The minimum Gasteiger partial charge on any atom is -0.455 e. The van der Waals surface area contributed by atoms with Crippen molar-refractivity contribution in [3.63, 3.8) is 0 Å². The van der Waals surface area contributed by atoms with Crippen LogP contribution in [0.25, 0.3) is 190 Å². The van der Waals surface area contributed by atoms with Crippen molar-refractivity contribution in [1.29, 1.82) is 0 Å². The average Bonchev–Trinajstić information content (AvgIpc) is 1.57. The highest BCUT2D eigenvalue weighted by Gasteiger charge is 2.22. The Labute approximate surface area is 596 Å². The third-order valence-corrected chi connectivity index (χ3v) is 19.3.